The summed E-state index contributed by atoms with van der Waals surface area (Å²) in [4.78, 5) is 12.2. The number of hydrogen-bond donors (Lipinski definition) is 2. The molecular formula is C16H29NO2. The van der Waals surface area contributed by atoms with Crippen molar-refractivity contribution in [3.05, 3.63) is 0 Å². The van der Waals surface area contributed by atoms with Gasteiger partial charge in [-0.1, -0.05) is 39.5 Å². The van der Waals surface area contributed by atoms with Gasteiger partial charge in [0.1, 0.15) is 0 Å². The molecule has 2 unspecified atom stereocenters. The second-order valence-corrected chi connectivity index (χ2v) is 6.58. The zero-order valence-electron chi connectivity index (χ0n) is 12.5. The van der Waals surface area contributed by atoms with Crippen LogP contribution < -0.4 is 5.32 Å². The first-order valence-corrected chi connectivity index (χ1v) is 8.11. The third kappa shape index (κ3) is 3.50. The Morgan fingerprint density at radius 3 is 2.16 bits per heavy atom. The van der Waals surface area contributed by atoms with Crippen LogP contribution in [0.3, 0.4) is 0 Å². The van der Waals surface area contributed by atoms with Crippen LogP contribution in [0.15, 0.2) is 0 Å². The Morgan fingerprint density at radius 1 is 1.16 bits per heavy atom. The van der Waals surface area contributed by atoms with Crippen molar-refractivity contribution in [2.75, 3.05) is 6.54 Å². The molecule has 0 radical (unpaired) electrons. The zero-order chi connectivity index (χ0) is 13.9. The lowest BCUT2D eigenvalue weighted by atomic mass is 9.92. The molecule has 0 aromatic rings. The maximum absolute atomic E-state index is 12.2. The van der Waals surface area contributed by atoms with Gasteiger partial charge in [-0.15, -0.1) is 0 Å². The van der Waals surface area contributed by atoms with E-state index in [0.29, 0.717) is 18.4 Å². The van der Waals surface area contributed by atoms with Crippen molar-refractivity contribution in [1.29, 1.82) is 0 Å². The van der Waals surface area contributed by atoms with E-state index in [2.05, 4.69) is 19.2 Å². The average Bonchev–Trinajstić information content (AvgIpc) is 3.11. The number of carbonyl (C=O) groups excluding carboxylic acids is 1. The van der Waals surface area contributed by atoms with E-state index in [0.717, 1.165) is 25.7 Å². The number of aliphatic hydroxyl groups is 1. The molecule has 2 saturated carbocycles. The molecule has 0 spiro atoms. The van der Waals surface area contributed by atoms with Crippen LogP contribution in [-0.2, 0) is 4.79 Å². The Hall–Kier alpha value is -0.570. The monoisotopic (exact) mass is 267 g/mol. The van der Waals surface area contributed by atoms with Crippen molar-refractivity contribution in [2.24, 2.45) is 17.8 Å². The van der Waals surface area contributed by atoms with Crippen LogP contribution in [-0.4, -0.2) is 23.2 Å². The van der Waals surface area contributed by atoms with Gasteiger partial charge in [-0.3, -0.25) is 4.79 Å². The van der Waals surface area contributed by atoms with Crippen LogP contribution in [0.1, 0.15) is 65.2 Å². The van der Waals surface area contributed by atoms with Gasteiger partial charge in [0.25, 0.3) is 0 Å². The first-order valence-electron chi connectivity index (χ1n) is 8.11. The summed E-state index contributed by atoms with van der Waals surface area (Å²) in [7, 11) is 0. The summed E-state index contributed by atoms with van der Waals surface area (Å²) in [5.41, 5.74) is -0.695. The fourth-order valence-electron chi connectivity index (χ4n) is 3.98. The van der Waals surface area contributed by atoms with Crippen molar-refractivity contribution in [1.82, 2.24) is 5.32 Å². The average molecular weight is 267 g/mol. The van der Waals surface area contributed by atoms with Crippen LogP contribution in [0.4, 0.5) is 0 Å². The van der Waals surface area contributed by atoms with Gasteiger partial charge in [-0.05, 0) is 37.5 Å². The molecule has 0 heterocycles. The molecule has 110 valence electrons. The number of fused-ring (bicyclic) bond motifs is 1. The SMILES string of the molecule is CCCC(O)(CCC)CNC(=O)C1C2CCCCC21. The number of hydrogen-bond acceptors (Lipinski definition) is 2. The molecule has 3 nitrogen and oxygen atoms in total. The lowest BCUT2D eigenvalue weighted by molar-refractivity contribution is -0.124. The molecule has 0 aromatic carbocycles. The first kappa shape index (κ1) is 14.8. The molecule has 2 aliphatic rings. The second-order valence-electron chi connectivity index (χ2n) is 6.58. The second kappa shape index (κ2) is 6.25. The minimum absolute atomic E-state index is 0.197. The molecule has 0 bridgehead atoms. The van der Waals surface area contributed by atoms with Crippen molar-refractivity contribution < 1.29 is 9.90 Å². The molecule has 2 rings (SSSR count). The summed E-state index contributed by atoms with van der Waals surface area (Å²) < 4.78 is 0. The highest BCUT2D eigenvalue weighted by Gasteiger charge is 2.54. The third-order valence-corrected chi connectivity index (χ3v) is 4.98. The standard InChI is InChI=1S/C16H29NO2/c1-3-9-16(19,10-4-2)11-17-15(18)14-12-7-5-6-8-13(12)14/h12-14,19H,3-11H2,1-2H3,(H,17,18). The minimum atomic E-state index is -0.695. The van der Waals surface area contributed by atoms with Gasteiger partial charge >= 0.3 is 0 Å². The lowest BCUT2D eigenvalue weighted by Gasteiger charge is -2.27. The largest absolute Gasteiger partial charge is 0.388 e. The van der Waals surface area contributed by atoms with Gasteiger partial charge in [-0.2, -0.15) is 0 Å². The van der Waals surface area contributed by atoms with E-state index in [1.54, 1.807) is 0 Å². The highest BCUT2D eigenvalue weighted by Crippen LogP contribution is 2.55. The minimum Gasteiger partial charge on any atom is -0.388 e. The van der Waals surface area contributed by atoms with Crippen LogP contribution in [0.2, 0.25) is 0 Å². The van der Waals surface area contributed by atoms with E-state index in [1.807, 2.05) is 0 Å². The summed E-state index contributed by atoms with van der Waals surface area (Å²) in [6.45, 7) is 4.60. The lowest BCUT2D eigenvalue weighted by Crippen LogP contribution is -2.43. The molecule has 0 saturated heterocycles. The Bertz CT molecular complexity index is 298. The number of amides is 1. The molecule has 0 aliphatic heterocycles. The van der Waals surface area contributed by atoms with E-state index in [4.69, 9.17) is 0 Å². The number of carbonyl (C=O) groups is 1. The van der Waals surface area contributed by atoms with Crippen molar-refractivity contribution in [3.63, 3.8) is 0 Å². The maximum Gasteiger partial charge on any atom is 0.223 e. The van der Waals surface area contributed by atoms with E-state index in [9.17, 15) is 9.90 Å². The summed E-state index contributed by atoms with van der Waals surface area (Å²) in [6.07, 6.45) is 8.52. The predicted molar refractivity (Wildman–Crippen MR) is 76.7 cm³/mol. The quantitative estimate of drug-likeness (QED) is 0.745. The summed E-state index contributed by atoms with van der Waals surface area (Å²) in [6, 6.07) is 0. The van der Waals surface area contributed by atoms with Crippen LogP contribution in [0.5, 0.6) is 0 Å². The van der Waals surface area contributed by atoms with Crippen LogP contribution in [0.25, 0.3) is 0 Å². The smallest absolute Gasteiger partial charge is 0.223 e. The molecule has 1 amide bonds. The van der Waals surface area contributed by atoms with Crippen LogP contribution in [0, 0.1) is 17.8 Å². The fraction of sp³-hybridized carbons (Fsp3) is 0.938. The van der Waals surface area contributed by atoms with E-state index >= 15 is 0 Å². The van der Waals surface area contributed by atoms with Gasteiger partial charge < -0.3 is 10.4 Å². The Balaban J connectivity index is 1.79. The van der Waals surface area contributed by atoms with Crippen molar-refractivity contribution >= 4 is 5.91 Å². The van der Waals surface area contributed by atoms with Crippen LogP contribution >= 0.6 is 0 Å². The van der Waals surface area contributed by atoms with Gasteiger partial charge in [0.2, 0.25) is 5.91 Å². The van der Waals surface area contributed by atoms with Gasteiger partial charge in [0.05, 0.1) is 5.60 Å². The number of rotatable bonds is 7. The highest BCUT2D eigenvalue weighted by atomic mass is 16.3. The molecule has 0 aromatic heterocycles. The van der Waals surface area contributed by atoms with Crippen molar-refractivity contribution in [2.45, 2.75) is 70.8 Å². The summed E-state index contributed by atoms with van der Waals surface area (Å²) >= 11 is 0. The van der Waals surface area contributed by atoms with Gasteiger partial charge in [-0.25, -0.2) is 0 Å². The van der Waals surface area contributed by atoms with Crippen molar-refractivity contribution in [3.8, 4) is 0 Å². The molecule has 2 fully saturated rings. The molecular weight excluding hydrogens is 238 g/mol. The third-order valence-electron chi connectivity index (χ3n) is 4.98. The zero-order valence-corrected chi connectivity index (χ0v) is 12.5. The normalized spacial score (nSPS) is 29.7. The fourth-order valence-corrected chi connectivity index (χ4v) is 3.98. The van der Waals surface area contributed by atoms with Gasteiger partial charge in [0, 0.05) is 12.5 Å². The molecule has 2 aliphatic carbocycles. The Kier molecular flexibility index (Phi) is 4.88. The van der Waals surface area contributed by atoms with E-state index in [1.165, 1.54) is 25.7 Å². The van der Waals surface area contributed by atoms with Gasteiger partial charge in [0.15, 0.2) is 0 Å². The Morgan fingerprint density at radius 2 is 1.68 bits per heavy atom. The molecule has 2 atom stereocenters. The van der Waals surface area contributed by atoms with E-state index in [-0.39, 0.29) is 11.8 Å². The summed E-state index contributed by atoms with van der Waals surface area (Å²) in [5.74, 6) is 1.76. The molecule has 19 heavy (non-hydrogen) atoms. The Labute approximate surface area is 117 Å². The highest BCUT2D eigenvalue weighted by molar-refractivity contribution is 5.82. The van der Waals surface area contributed by atoms with E-state index < -0.39 is 5.60 Å². The maximum atomic E-state index is 12.2. The molecule has 3 heteroatoms. The molecule has 2 N–H and O–H groups in total. The predicted octanol–water partition coefficient (Wildman–Crippen LogP) is 2.87. The number of nitrogens with one attached hydrogen (secondary N) is 1. The summed E-state index contributed by atoms with van der Waals surface area (Å²) in [5, 5.41) is 13.5. The first-order chi connectivity index (χ1) is 9.11. The topological polar surface area (TPSA) is 49.3 Å².